The molecular weight excluding hydrogens is 274 g/mol. The van der Waals surface area contributed by atoms with Crippen molar-refractivity contribution in [2.45, 2.75) is 51.6 Å². The first-order chi connectivity index (χ1) is 10.4. The molecule has 0 aromatic carbocycles. The fourth-order valence-electron chi connectivity index (χ4n) is 4.22. The first kappa shape index (κ1) is 18.2. The number of hydrogen-bond donors (Lipinski definition) is 1. The van der Waals surface area contributed by atoms with Crippen molar-refractivity contribution in [2.24, 2.45) is 5.41 Å². The van der Waals surface area contributed by atoms with Crippen molar-refractivity contribution in [3.05, 3.63) is 0 Å². The maximum absolute atomic E-state index is 5.99. The van der Waals surface area contributed by atoms with Crippen LogP contribution in [0.2, 0.25) is 0 Å². The topological polar surface area (TPSA) is 27.7 Å². The molecule has 0 radical (unpaired) electrons. The largest absolute Gasteiger partial charge is 0.376 e. The van der Waals surface area contributed by atoms with Gasteiger partial charge in [0.25, 0.3) is 0 Å². The molecule has 0 bridgehead atoms. The van der Waals surface area contributed by atoms with Crippen LogP contribution in [0.1, 0.15) is 46.0 Å². The molecule has 0 saturated carbocycles. The minimum Gasteiger partial charge on any atom is -0.376 e. The van der Waals surface area contributed by atoms with Gasteiger partial charge in [0.1, 0.15) is 0 Å². The summed E-state index contributed by atoms with van der Waals surface area (Å²) in [5, 5.41) is 3.75. The summed E-state index contributed by atoms with van der Waals surface area (Å²) in [6, 6.07) is 0. The van der Waals surface area contributed by atoms with Crippen molar-refractivity contribution in [1.29, 1.82) is 0 Å². The highest BCUT2D eigenvalue weighted by molar-refractivity contribution is 4.94. The molecule has 2 aliphatic heterocycles. The van der Waals surface area contributed by atoms with Gasteiger partial charge in [0.2, 0.25) is 0 Å². The van der Waals surface area contributed by atoms with Crippen LogP contribution >= 0.6 is 0 Å². The third kappa shape index (κ3) is 5.80. The fraction of sp³-hybridized carbons (Fsp3) is 1.00. The van der Waals surface area contributed by atoms with Gasteiger partial charge in [-0.15, -0.1) is 0 Å². The molecule has 2 fully saturated rings. The van der Waals surface area contributed by atoms with Gasteiger partial charge in [-0.05, 0) is 86.2 Å². The van der Waals surface area contributed by atoms with Crippen LogP contribution in [-0.2, 0) is 4.74 Å². The summed E-state index contributed by atoms with van der Waals surface area (Å²) in [4.78, 5) is 4.95. The molecule has 22 heavy (non-hydrogen) atoms. The van der Waals surface area contributed by atoms with Crippen LogP contribution in [-0.4, -0.2) is 75.4 Å². The van der Waals surface area contributed by atoms with E-state index < -0.39 is 0 Å². The molecule has 2 rings (SSSR count). The summed E-state index contributed by atoms with van der Waals surface area (Å²) >= 11 is 0. The second-order valence-electron chi connectivity index (χ2n) is 8.35. The zero-order chi connectivity index (χ0) is 16.1. The Morgan fingerprint density at radius 3 is 2.55 bits per heavy atom. The summed E-state index contributed by atoms with van der Waals surface area (Å²) in [7, 11) is 4.30. The van der Waals surface area contributed by atoms with Gasteiger partial charge in [-0.3, -0.25) is 0 Å². The van der Waals surface area contributed by atoms with Crippen LogP contribution in [0.5, 0.6) is 0 Å². The lowest BCUT2D eigenvalue weighted by Crippen LogP contribution is -2.51. The molecular formula is C18H37N3O. The summed E-state index contributed by atoms with van der Waals surface area (Å²) in [5.41, 5.74) is 0.424. The van der Waals surface area contributed by atoms with E-state index in [1.54, 1.807) is 0 Å². The highest BCUT2D eigenvalue weighted by Gasteiger charge is 2.41. The van der Waals surface area contributed by atoms with E-state index in [1.807, 2.05) is 0 Å². The second-order valence-corrected chi connectivity index (χ2v) is 8.35. The summed E-state index contributed by atoms with van der Waals surface area (Å²) in [6.45, 7) is 12.7. The van der Waals surface area contributed by atoms with E-state index in [2.05, 4.69) is 43.1 Å². The molecule has 2 saturated heterocycles. The van der Waals surface area contributed by atoms with Crippen molar-refractivity contribution in [1.82, 2.24) is 15.1 Å². The van der Waals surface area contributed by atoms with Gasteiger partial charge in [-0.25, -0.2) is 0 Å². The molecule has 2 heterocycles. The number of rotatable bonds is 8. The van der Waals surface area contributed by atoms with Crippen molar-refractivity contribution in [3.63, 3.8) is 0 Å². The Balaban J connectivity index is 1.86. The van der Waals surface area contributed by atoms with Crippen LogP contribution < -0.4 is 5.32 Å². The number of likely N-dealkylation sites (tertiary alicyclic amines) is 1. The minimum absolute atomic E-state index is 0.0310. The van der Waals surface area contributed by atoms with Gasteiger partial charge < -0.3 is 19.9 Å². The molecule has 0 aliphatic carbocycles. The average Bonchev–Trinajstić information content (AvgIpc) is 2.89. The third-order valence-corrected chi connectivity index (χ3v) is 5.14. The molecule has 1 atom stereocenters. The smallest absolute Gasteiger partial charge is 0.0632 e. The molecule has 1 N–H and O–H groups in total. The molecule has 4 nitrogen and oxygen atoms in total. The quantitative estimate of drug-likeness (QED) is 0.696. The van der Waals surface area contributed by atoms with Crippen LogP contribution in [0.4, 0.5) is 0 Å². The maximum Gasteiger partial charge on any atom is 0.0632 e. The van der Waals surface area contributed by atoms with Crippen LogP contribution in [0.15, 0.2) is 0 Å². The van der Waals surface area contributed by atoms with E-state index >= 15 is 0 Å². The lowest BCUT2D eigenvalue weighted by atomic mass is 9.73. The maximum atomic E-state index is 5.99. The number of nitrogens with one attached hydrogen (secondary N) is 1. The standard InChI is InChI=1S/C18H37N3O/c1-17(2)14-18(8-13-22-17,16-21-11-5-6-12-21)15-19-9-7-10-20(3)4/h19H,5-16H2,1-4H3/t18-/m0/s1. The average molecular weight is 312 g/mol. The molecule has 4 heteroatoms. The SMILES string of the molecule is CN(C)CCCNC[C@]1(CN2CCCC2)CCOC(C)(C)C1. The Morgan fingerprint density at radius 2 is 1.91 bits per heavy atom. The summed E-state index contributed by atoms with van der Waals surface area (Å²) in [5.74, 6) is 0. The molecule has 2 aliphatic rings. The Labute approximate surface area is 137 Å². The van der Waals surface area contributed by atoms with Crippen molar-refractivity contribution in [3.8, 4) is 0 Å². The molecule has 0 aromatic rings. The van der Waals surface area contributed by atoms with E-state index in [-0.39, 0.29) is 5.60 Å². The zero-order valence-corrected chi connectivity index (χ0v) is 15.3. The lowest BCUT2D eigenvalue weighted by Gasteiger charge is -2.47. The molecule has 0 unspecified atom stereocenters. The van der Waals surface area contributed by atoms with Gasteiger partial charge >= 0.3 is 0 Å². The molecule has 130 valence electrons. The normalized spacial score (nSPS) is 29.3. The predicted octanol–water partition coefficient (Wildman–Crippen LogP) is 2.20. The number of ether oxygens (including phenoxy) is 1. The van der Waals surface area contributed by atoms with E-state index in [0.717, 1.165) is 19.7 Å². The first-order valence-corrected chi connectivity index (χ1v) is 9.13. The molecule has 0 amide bonds. The van der Waals surface area contributed by atoms with E-state index in [4.69, 9.17) is 4.74 Å². The van der Waals surface area contributed by atoms with Gasteiger partial charge in [0.05, 0.1) is 5.60 Å². The summed E-state index contributed by atoms with van der Waals surface area (Å²) in [6.07, 6.45) is 6.37. The Morgan fingerprint density at radius 1 is 1.18 bits per heavy atom. The van der Waals surface area contributed by atoms with Gasteiger partial charge in [0.15, 0.2) is 0 Å². The van der Waals surface area contributed by atoms with Crippen molar-refractivity contribution < 1.29 is 4.74 Å². The predicted molar refractivity (Wildman–Crippen MR) is 93.4 cm³/mol. The first-order valence-electron chi connectivity index (χ1n) is 9.13. The van der Waals surface area contributed by atoms with E-state index in [1.165, 1.54) is 58.3 Å². The van der Waals surface area contributed by atoms with Gasteiger partial charge in [-0.1, -0.05) is 0 Å². The highest BCUT2D eigenvalue weighted by Crippen LogP contribution is 2.39. The van der Waals surface area contributed by atoms with E-state index in [9.17, 15) is 0 Å². The Bertz CT molecular complexity index is 326. The Kier molecular flexibility index (Phi) is 6.69. The van der Waals surface area contributed by atoms with Crippen LogP contribution in [0, 0.1) is 5.41 Å². The van der Waals surface area contributed by atoms with Crippen LogP contribution in [0.25, 0.3) is 0 Å². The monoisotopic (exact) mass is 311 g/mol. The highest BCUT2D eigenvalue weighted by atomic mass is 16.5. The molecule has 0 aromatic heterocycles. The molecule has 0 spiro atoms. The van der Waals surface area contributed by atoms with E-state index in [0.29, 0.717) is 5.41 Å². The summed E-state index contributed by atoms with van der Waals surface area (Å²) < 4.78 is 5.99. The second kappa shape index (κ2) is 8.09. The van der Waals surface area contributed by atoms with Gasteiger partial charge in [0, 0.05) is 25.1 Å². The Hall–Kier alpha value is -0.160. The van der Waals surface area contributed by atoms with Crippen molar-refractivity contribution >= 4 is 0 Å². The van der Waals surface area contributed by atoms with Gasteiger partial charge in [-0.2, -0.15) is 0 Å². The fourth-order valence-corrected chi connectivity index (χ4v) is 4.22. The van der Waals surface area contributed by atoms with Crippen molar-refractivity contribution in [2.75, 3.05) is 60.0 Å². The lowest BCUT2D eigenvalue weighted by molar-refractivity contribution is -0.110. The minimum atomic E-state index is 0.0310. The zero-order valence-electron chi connectivity index (χ0n) is 15.3. The third-order valence-electron chi connectivity index (χ3n) is 5.14. The number of nitrogens with zero attached hydrogens (tertiary/aromatic N) is 2. The van der Waals surface area contributed by atoms with Crippen LogP contribution in [0.3, 0.4) is 0 Å². The number of hydrogen-bond acceptors (Lipinski definition) is 4.